The van der Waals surface area contributed by atoms with E-state index in [9.17, 15) is 9.90 Å². The van der Waals surface area contributed by atoms with Crippen LogP contribution in [-0.2, 0) is 0 Å². The van der Waals surface area contributed by atoms with Gasteiger partial charge in [-0.1, -0.05) is 0 Å². The Kier molecular flexibility index (Phi) is 3.96. The van der Waals surface area contributed by atoms with Gasteiger partial charge in [-0.25, -0.2) is 0 Å². The van der Waals surface area contributed by atoms with Gasteiger partial charge in [0, 0.05) is 19.0 Å². The molecule has 4 nitrogen and oxygen atoms in total. The zero-order chi connectivity index (χ0) is 15.2. The van der Waals surface area contributed by atoms with Crippen molar-refractivity contribution in [2.45, 2.75) is 43.1 Å². The number of thiophene rings is 1. The van der Waals surface area contributed by atoms with E-state index in [0.717, 1.165) is 47.0 Å². The average Bonchev–Trinajstić information content (AvgIpc) is 3.21. The number of β-amino-alcohol motifs (C(OH)–C–C–N with tert-alkyl or cyclic N) is 1. The van der Waals surface area contributed by atoms with Crippen LogP contribution in [0.5, 0.6) is 0 Å². The Morgan fingerprint density at radius 2 is 2.24 bits per heavy atom. The fraction of sp³-hybridized carbons (Fsp3) is 0.667. The van der Waals surface area contributed by atoms with Crippen molar-refractivity contribution in [2.24, 2.45) is 5.92 Å². The molecule has 2 aliphatic rings. The van der Waals surface area contributed by atoms with Gasteiger partial charge in [0.1, 0.15) is 5.00 Å². The maximum Gasteiger partial charge on any atom is 0.178 e. The number of rotatable bonds is 4. The lowest BCUT2D eigenvalue weighted by Crippen LogP contribution is -2.46. The lowest BCUT2D eigenvalue weighted by atomic mass is 9.95. The first-order valence-corrected chi connectivity index (χ1v) is 9.45. The van der Waals surface area contributed by atoms with Crippen molar-refractivity contribution >= 4 is 39.6 Å². The zero-order valence-corrected chi connectivity index (χ0v) is 14.1. The summed E-state index contributed by atoms with van der Waals surface area (Å²) >= 11 is 3.11. The minimum absolute atomic E-state index is 0.193. The van der Waals surface area contributed by atoms with E-state index in [4.69, 9.17) is 5.73 Å². The molecule has 21 heavy (non-hydrogen) atoms. The van der Waals surface area contributed by atoms with Crippen LogP contribution in [0, 0.1) is 5.92 Å². The summed E-state index contributed by atoms with van der Waals surface area (Å²) in [5, 5.41) is 11.4. The fourth-order valence-corrected chi connectivity index (χ4v) is 5.15. The van der Waals surface area contributed by atoms with Crippen LogP contribution < -0.4 is 10.6 Å². The average molecular weight is 326 g/mol. The van der Waals surface area contributed by atoms with Gasteiger partial charge in [0.2, 0.25) is 0 Å². The number of anilines is 2. The molecule has 0 radical (unpaired) electrons. The van der Waals surface area contributed by atoms with Crippen molar-refractivity contribution in [1.82, 2.24) is 0 Å². The molecular weight excluding hydrogens is 304 g/mol. The highest BCUT2D eigenvalue weighted by atomic mass is 32.2. The largest absolute Gasteiger partial charge is 0.396 e. The van der Waals surface area contributed by atoms with E-state index >= 15 is 0 Å². The van der Waals surface area contributed by atoms with Crippen LogP contribution in [0.15, 0.2) is 4.90 Å². The number of hydrogen-bond acceptors (Lipinski definition) is 6. The molecule has 0 amide bonds. The van der Waals surface area contributed by atoms with Crippen LogP contribution in [0.4, 0.5) is 10.7 Å². The Morgan fingerprint density at radius 3 is 2.81 bits per heavy atom. The lowest BCUT2D eigenvalue weighted by Gasteiger charge is -2.37. The van der Waals surface area contributed by atoms with Gasteiger partial charge in [-0.05, 0) is 38.9 Å². The Balaban J connectivity index is 1.94. The SMILES string of the molecule is CSc1c(N2CCCC(C)(O)C2)sc(C(=O)C2CC2)c1N. The Hall–Kier alpha value is -0.720. The fourth-order valence-electron chi connectivity index (χ4n) is 2.93. The molecule has 1 aromatic heterocycles. The van der Waals surface area contributed by atoms with Gasteiger partial charge in [0.15, 0.2) is 5.78 Å². The Labute approximate surface area is 133 Å². The molecule has 3 N–H and O–H groups in total. The molecule has 2 fully saturated rings. The Morgan fingerprint density at radius 1 is 1.52 bits per heavy atom. The van der Waals surface area contributed by atoms with E-state index < -0.39 is 5.60 Å². The molecule has 0 bridgehead atoms. The number of carbonyl (C=O) groups excluding carboxylic acids is 1. The van der Waals surface area contributed by atoms with Crippen LogP contribution >= 0.6 is 23.1 Å². The zero-order valence-electron chi connectivity index (χ0n) is 12.5. The monoisotopic (exact) mass is 326 g/mol. The second-order valence-corrected chi connectivity index (χ2v) is 8.16. The van der Waals surface area contributed by atoms with Gasteiger partial charge in [-0.3, -0.25) is 4.79 Å². The van der Waals surface area contributed by atoms with E-state index in [1.54, 1.807) is 11.8 Å². The quantitative estimate of drug-likeness (QED) is 0.658. The molecule has 116 valence electrons. The molecule has 1 saturated heterocycles. The van der Waals surface area contributed by atoms with Crippen LogP contribution in [-0.4, -0.2) is 35.8 Å². The summed E-state index contributed by atoms with van der Waals surface area (Å²) in [6.45, 7) is 3.41. The maximum absolute atomic E-state index is 12.4. The summed E-state index contributed by atoms with van der Waals surface area (Å²) in [6.07, 6.45) is 5.78. The van der Waals surface area contributed by atoms with Gasteiger partial charge in [0.05, 0.1) is 21.1 Å². The van der Waals surface area contributed by atoms with Gasteiger partial charge in [-0.2, -0.15) is 0 Å². The normalized spacial score (nSPS) is 26.1. The predicted molar refractivity (Wildman–Crippen MR) is 89.6 cm³/mol. The minimum Gasteiger partial charge on any atom is -0.396 e. The number of nitrogens with zero attached hydrogens (tertiary/aromatic N) is 1. The number of nitrogen functional groups attached to an aromatic ring is 1. The van der Waals surface area contributed by atoms with E-state index in [-0.39, 0.29) is 11.7 Å². The molecule has 1 atom stereocenters. The maximum atomic E-state index is 12.4. The number of piperidine rings is 1. The molecule has 1 saturated carbocycles. The second kappa shape index (κ2) is 5.48. The van der Waals surface area contributed by atoms with Crippen LogP contribution in [0.1, 0.15) is 42.3 Å². The molecule has 0 aromatic carbocycles. The summed E-state index contributed by atoms with van der Waals surface area (Å²) in [6, 6.07) is 0. The number of nitrogens with two attached hydrogens (primary N) is 1. The first-order chi connectivity index (χ1) is 9.93. The summed E-state index contributed by atoms with van der Waals surface area (Å²) < 4.78 is 0. The van der Waals surface area contributed by atoms with Crippen LogP contribution in [0.25, 0.3) is 0 Å². The lowest BCUT2D eigenvalue weighted by molar-refractivity contribution is 0.0450. The van der Waals surface area contributed by atoms with E-state index in [1.165, 1.54) is 11.3 Å². The number of carbonyl (C=O) groups is 1. The van der Waals surface area contributed by atoms with Crippen molar-refractivity contribution in [1.29, 1.82) is 0 Å². The molecule has 1 unspecified atom stereocenters. The van der Waals surface area contributed by atoms with Crippen LogP contribution in [0.3, 0.4) is 0 Å². The van der Waals surface area contributed by atoms with Gasteiger partial charge in [-0.15, -0.1) is 23.1 Å². The van der Waals surface area contributed by atoms with Crippen LogP contribution in [0.2, 0.25) is 0 Å². The third kappa shape index (κ3) is 2.94. The molecule has 3 rings (SSSR count). The summed E-state index contributed by atoms with van der Waals surface area (Å²) in [7, 11) is 0. The second-order valence-electron chi connectivity index (χ2n) is 6.34. The predicted octanol–water partition coefficient (Wildman–Crippen LogP) is 3.00. The van der Waals surface area contributed by atoms with Crippen molar-refractivity contribution in [3.05, 3.63) is 4.88 Å². The Bertz CT molecular complexity index is 564. The minimum atomic E-state index is -0.659. The van der Waals surface area contributed by atoms with Crippen molar-refractivity contribution in [3.8, 4) is 0 Å². The molecule has 2 heterocycles. The van der Waals surface area contributed by atoms with E-state index in [1.807, 2.05) is 13.2 Å². The number of thioether (sulfide) groups is 1. The molecular formula is C15H22N2O2S2. The van der Waals surface area contributed by atoms with Crippen molar-refractivity contribution in [3.63, 3.8) is 0 Å². The third-order valence-corrected chi connectivity index (χ3v) is 6.45. The van der Waals surface area contributed by atoms with Gasteiger partial charge >= 0.3 is 0 Å². The molecule has 1 aromatic rings. The summed E-state index contributed by atoms with van der Waals surface area (Å²) in [5.74, 6) is 0.404. The third-order valence-electron chi connectivity index (χ3n) is 4.22. The van der Waals surface area contributed by atoms with Crippen molar-refractivity contribution in [2.75, 3.05) is 30.0 Å². The number of Topliss-reactive ketones (excluding diaryl/α,β-unsaturated/α-hetero) is 1. The standard InChI is InChI=1S/C15H22N2O2S2/c1-15(19)6-3-7-17(8-15)14-13(20-2)10(16)12(21-14)11(18)9-4-5-9/h9,19H,3-8,16H2,1-2H3. The molecule has 6 heteroatoms. The van der Waals surface area contributed by atoms with Crippen molar-refractivity contribution < 1.29 is 9.90 Å². The highest BCUT2D eigenvalue weighted by Crippen LogP contribution is 2.47. The molecule has 1 aliphatic carbocycles. The van der Waals surface area contributed by atoms with E-state index in [2.05, 4.69) is 4.90 Å². The number of hydrogen-bond donors (Lipinski definition) is 2. The van der Waals surface area contributed by atoms with Gasteiger partial charge < -0.3 is 15.7 Å². The molecule has 0 spiro atoms. The highest BCUT2D eigenvalue weighted by Gasteiger charge is 2.36. The summed E-state index contributed by atoms with van der Waals surface area (Å²) in [4.78, 5) is 16.3. The van der Waals surface area contributed by atoms with Gasteiger partial charge in [0.25, 0.3) is 0 Å². The topological polar surface area (TPSA) is 66.6 Å². The number of ketones is 1. The first kappa shape index (κ1) is 15.2. The number of aliphatic hydroxyl groups is 1. The smallest absolute Gasteiger partial charge is 0.178 e. The highest BCUT2D eigenvalue weighted by molar-refractivity contribution is 7.99. The first-order valence-electron chi connectivity index (χ1n) is 7.41. The molecule has 1 aliphatic heterocycles. The van der Waals surface area contributed by atoms with E-state index in [0.29, 0.717) is 12.2 Å². The summed E-state index contributed by atoms with van der Waals surface area (Å²) in [5.41, 5.74) is 6.22.